The fourth-order valence-electron chi connectivity index (χ4n) is 2.51. The Morgan fingerprint density at radius 1 is 1.23 bits per heavy atom. The van der Waals surface area contributed by atoms with Crippen LogP contribution in [0.5, 0.6) is 0 Å². The summed E-state index contributed by atoms with van der Waals surface area (Å²) in [4.78, 5) is 23.8. The lowest BCUT2D eigenvalue weighted by molar-refractivity contribution is 0.0457. The van der Waals surface area contributed by atoms with Gasteiger partial charge in [-0.2, -0.15) is 0 Å². The zero-order valence-electron chi connectivity index (χ0n) is 13.3. The Hall–Kier alpha value is -2.64. The number of fused-ring (bicyclic) bond motifs is 1. The van der Waals surface area contributed by atoms with Crippen molar-refractivity contribution >= 4 is 44.5 Å². The third-order valence-electron chi connectivity index (χ3n) is 3.77. The van der Waals surface area contributed by atoms with Crippen LogP contribution in [0.3, 0.4) is 0 Å². The van der Waals surface area contributed by atoms with Gasteiger partial charge in [0.05, 0.1) is 10.5 Å². The molecule has 0 saturated carbocycles. The van der Waals surface area contributed by atoms with Gasteiger partial charge in [-0.3, -0.25) is 0 Å². The average molecular weight is 432 g/mol. The summed E-state index contributed by atoms with van der Waals surface area (Å²) >= 11 is 9.48. The van der Waals surface area contributed by atoms with Gasteiger partial charge in [0, 0.05) is 16.4 Å². The van der Waals surface area contributed by atoms with Gasteiger partial charge in [0.2, 0.25) is 0 Å². The van der Waals surface area contributed by atoms with Crippen LogP contribution < -0.4 is 0 Å². The molecular formula is C18H12BrClN4O2. The van der Waals surface area contributed by atoms with E-state index in [1.54, 1.807) is 23.2 Å². The Morgan fingerprint density at radius 3 is 2.81 bits per heavy atom. The molecule has 0 saturated heterocycles. The quantitative estimate of drug-likeness (QED) is 0.482. The summed E-state index contributed by atoms with van der Waals surface area (Å²) in [5.74, 6) is 0.00112. The smallest absolute Gasteiger partial charge is 0.358 e. The van der Waals surface area contributed by atoms with Crippen LogP contribution in [0.1, 0.15) is 16.3 Å². The van der Waals surface area contributed by atoms with Crippen molar-refractivity contribution in [1.82, 2.24) is 19.5 Å². The molecule has 2 heterocycles. The van der Waals surface area contributed by atoms with E-state index in [9.17, 15) is 4.79 Å². The predicted octanol–water partition coefficient (Wildman–Crippen LogP) is 4.52. The number of nitrogens with one attached hydrogen (secondary N) is 1. The molecule has 8 heteroatoms. The molecule has 2 aromatic carbocycles. The van der Waals surface area contributed by atoms with Gasteiger partial charge >= 0.3 is 5.97 Å². The fraction of sp³-hybridized carbons (Fsp3) is 0.0556. The maximum atomic E-state index is 12.2. The Balaban J connectivity index is 1.46. The molecule has 0 atom stereocenters. The van der Waals surface area contributed by atoms with E-state index >= 15 is 0 Å². The molecule has 0 bridgehead atoms. The van der Waals surface area contributed by atoms with Crippen molar-refractivity contribution in [3.05, 3.63) is 76.0 Å². The number of benzene rings is 2. The van der Waals surface area contributed by atoms with Gasteiger partial charge in [0.25, 0.3) is 0 Å². The summed E-state index contributed by atoms with van der Waals surface area (Å²) in [5.41, 5.74) is 2.57. The number of esters is 1. The maximum Gasteiger partial charge on any atom is 0.358 e. The van der Waals surface area contributed by atoms with Gasteiger partial charge < -0.3 is 14.3 Å². The molecule has 0 amide bonds. The van der Waals surface area contributed by atoms with Gasteiger partial charge in [0.15, 0.2) is 5.69 Å². The lowest BCUT2D eigenvalue weighted by Gasteiger charge is -2.01. The van der Waals surface area contributed by atoms with E-state index in [0.717, 1.165) is 15.7 Å². The molecule has 0 radical (unpaired) electrons. The number of halogens is 2. The number of H-pyrrole nitrogens is 1. The molecule has 0 aliphatic carbocycles. The van der Waals surface area contributed by atoms with Gasteiger partial charge in [-0.1, -0.05) is 33.6 Å². The van der Waals surface area contributed by atoms with Gasteiger partial charge in [-0.25, -0.2) is 14.8 Å². The number of nitrogens with zero attached hydrogens (tertiary/aromatic N) is 3. The summed E-state index contributed by atoms with van der Waals surface area (Å²) in [7, 11) is 0. The first kappa shape index (κ1) is 16.8. The highest BCUT2D eigenvalue weighted by atomic mass is 79.9. The van der Waals surface area contributed by atoms with E-state index in [0.29, 0.717) is 16.4 Å². The van der Waals surface area contributed by atoms with E-state index < -0.39 is 5.97 Å². The van der Waals surface area contributed by atoms with Crippen LogP contribution in [0.25, 0.3) is 16.7 Å². The third kappa shape index (κ3) is 3.36. The molecule has 0 aliphatic rings. The largest absolute Gasteiger partial charge is 0.453 e. The minimum atomic E-state index is -0.521. The van der Waals surface area contributed by atoms with Gasteiger partial charge in [-0.05, 0) is 36.4 Å². The van der Waals surface area contributed by atoms with E-state index in [1.807, 2.05) is 36.4 Å². The molecule has 26 heavy (non-hydrogen) atoms. The van der Waals surface area contributed by atoms with Crippen molar-refractivity contribution in [1.29, 1.82) is 0 Å². The molecule has 1 N–H and O–H groups in total. The highest BCUT2D eigenvalue weighted by molar-refractivity contribution is 9.10. The van der Waals surface area contributed by atoms with E-state index in [-0.39, 0.29) is 12.3 Å². The summed E-state index contributed by atoms with van der Waals surface area (Å²) in [6.07, 6.45) is 3.20. The summed E-state index contributed by atoms with van der Waals surface area (Å²) in [5, 5.41) is 0.546. The normalized spacial score (nSPS) is 11.0. The van der Waals surface area contributed by atoms with Crippen LogP contribution in [0.2, 0.25) is 5.02 Å². The SMILES string of the molecule is O=C(OCc1nc2c(Cl)cccc2[nH]1)c1cn(-c2ccc(Br)cc2)cn1. The van der Waals surface area contributed by atoms with Crippen LogP contribution in [-0.4, -0.2) is 25.5 Å². The molecule has 6 nitrogen and oxygen atoms in total. The number of carbonyl (C=O) groups is 1. The van der Waals surface area contributed by atoms with Crippen LogP contribution in [0.4, 0.5) is 0 Å². The second-order valence-electron chi connectivity index (χ2n) is 5.54. The second-order valence-corrected chi connectivity index (χ2v) is 6.86. The first-order valence-electron chi connectivity index (χ1n) is 7.70. The molecule has 0 unspecified atom stereocenters. The number of aromatic nitrogens is 4. The molecule has 4 rings (SSSR count). The summed E-state index contributed by atoms with van der Waals surface area (Å²) in [6, 6.07) is 13.1. The summed E-state index contributed by atoms with van der Waals surface area (Å²) < 4.78 is 8.03. The molecule has 0 aliphatic heterocycles. The van der Waals surface area contributed by atoms with Crippen LogP contribution >= 0.6 is 27.5 Å². The zero-order chi connectivity index (χ0) is 18.1. The van der Waals surface area contributed by atoms with E-state index in [2.05, 4.69) is 30.9 Å². The molecule has 4 aromatic rings. The fourth-order valence-corrected chi connectivity index (χ4v) is 2.99. The number of imidazole rings is 2. The van der Waals surface area contributed by atoms with Crippen LogP contribution in [-0.2, 0) is 11.3 Å². The van der Waals surface area contributed by atoms with Crippen molar-refractivity contribution in [2.24, 2.45) is 0 Å². The van der Waals surface area contributed by atoms with E-state index in [4.69, 9.17) is 16.3 Å². The first-order chi connectivity index (χ1) is 12.6. The predicted molar refractivity (Wildman–Crippen MR) is 101 cm³/mol. The lowest BCUT2D eigenvalue weighted by Crippen LogP contribution is -2.06. The Kier molecular flexibility index (Phi) is 4.48. The highest BCUT2D eigenvalue weighted by Gasteiger charge is 2.13. The summed E-state index contributed by atoms with van der Waals surface area (Å²) in [6.45, 7) is 0.00891. The first-order valence-corrected chi connectivity index (χ1v) is 8.87. The van der Waals surface area contributed by atoms with Crippen LogP contribution in [0.15, 0.2) is 59.5 Å². The highest BCUT2D eigenvalue weighted by Crippen LogP contribution is 2.21. The molecule has 130 valence electrons. The Bertz CT molecular complexity index is 1090. The minimum Gasteiger partial charge on any atom is -0.453 e. The number of hydrogen-bond acceptors (Lipinski definition) is 4. The molecular weight excluding hydrogens is 420 g/mol. The van der Waals surface area contributed by atoms with Crippen molar-refractivity contribution < 1.29 is 9.53 Å². The van der Waals surface area contributed by atoms with Crippen LogP contribution in [0, 0.1) is 0 Å². The molecule has 0 spiro atoms. The Morgan fingerprint density at radius 2 is 2.04 bits per heavy atom. The number of aromatic amines is 1. The third-order valence-corrected chi connectivity index (χ3v) is 4.60. The molecule has 2 aromatic heterocycles. The minimum absolute atomic E-state index is 0.00891. The van der Waals surface area contributed by atoms with Crippen molar-refractivity contribution in [3.8, 4) is 5.69 Å². The lowest BCUT2D eigenvalue weighted by atomic mass is 10.3. The van der Waals surface area contributed by atoms with Crippen molar-refractivity contribution in [2.75, 3.05) is 0 Å². The zero-order valence-corrected chi connectivity index (χ0v) is 15.7. The second kappa shape index (κ2) is 6.93. The average Bonchev–Trinajstić information content (AvgIpc) is 3.28. The number of carbonyl (C=O) groups excluding carboxylic acids is 1. The van der Waals surface area contributed by atoms with Gasteiger partial charge in [0.1, 0.15) is 24.3 Å². The number of rotatable bonds is 4. The van der Waals surface area contributed by atoms with Gasteiger partial charge in [-0.15, -0.1) is 0 Å². The number of hydrogen-bond donors (Lipinski definition) is 1. The van der Waals surface area contributed by atoms with Crippen molar-refractivity contribution in [3.63, 3.8) is 0 Å². The molecule has 0 fully saturated rings. The Labute approximate surface area is 161 Å². The monoisotopic (exact) mass is 430 g/mol. The van der Waals surface area contributed by atoms with E-state index in [1.165, 1.54) is 0 Å². The topological polar surface area (TPSA) is 72.8 Å². The number of para-hydroxylation sites is 1. The standard InChI is InChI=1S/C18H12BrClN4O2/c19-11-4-6-12(7-5-11)24-8-15(21-10-24)18(25)26-9-16-22-14-3-1-2-13(20)17(14)23-16/h1-8,10H,9H2,(H,22,23). The maximum absolute atomic E-state index is 12.2. The number of ether oxygens (including phenoxy) is 1. The van der Waals surface area contributed by atoms with Crippen molar-refractivity contribution in [2.45, 2.75) is 6.61 Å².